The number of benzene rings is 2. The lowest BCUT2D eigenvalue weighted by Crippen LogP contribution is -2.79. The molecule has 2 aliphatic heterocycles. The smallest absolute Gasteiger partial charge is 0.347 e. The van der Waals surface area contributed by atoms with Crippen LogP contribution in [0.25, 0.3) is 10.8 Å². The average Bonchev–Trinajstić information content (AvgIpc) is 3.28. The Morgan fingerprint density at radius 3 is 1.95 bits per heavy atom. The Morgan fingerprint density at radius 1 is 0.768 bits per heavy atom. The van der Waals surface area contributed by atoms with E-state index in [0.717, 1.165) is 16.3 Å². The summed E-state index contributed by atoms with van der Waals surface area (Å²) in [5, 5.41) is 15.3. The summed E-state index contributed by atoms with van der Waals surface area (Å²) in [5.41, 5.74) is -8.94. The summed E-state index contributed by atoms with van der Waals surface area (Å²) in [6.45, 7) is 19.1. The number of unbranched alkanes of at least 4 members (excludes halogenated alkanes) is 1. The van der Waals surface area contributed by atoms with Crippen LogP contribution in [0.2, 0.25) is 0 Å². The molecule has 0 unspecified atom stereocenters. The first-order chi connectivity index (χ1) is 25.7. The number of rotatable bonds is 14. The predicted octanol–water partition coefficient (Wildman–Crippen LogP) is 6.65. The molecule has 0 saturated carbocycles. The molecular weight excluding hydrogens is 724 g/mol. The largest absolute Gasteiger partial charge is 0.458 e. The molecule has 0 radical (unpaired) electrons. The number of carbonyl (C=O) groups is 4. The second-order valence-electron chi connectivity index (χ2n) is 18.1. The van der Waals surface area contributed by atoms with E-state index in [1.165, 1.54) is 7.11 Å². The number of hydrogen-bond donors (Lipinski definition) is 1. The van der Waals surface area contributed by atoms with E-state index in [4.69, 9.17) is 37.9 Å². The first-order valence-corrected chi connectivity index (χ1v) is 19.4. The lowest BCUT2D eigenvalue weighted by molar-refractivity contribution is -0.388. The van der Waals surface area contributed by atoms with E-state index in [1.807, 2.05) is 36.4 Å². The van der Waals surface area contributed by atoms with Gasteiger partial charge in [0.2, 0.25) is 17.5 Å². The monoisotopic (exact) mass is 786 g/mol. The van der Waals surface area contributed by atoms with Crippen LogP contribution < -0.4 is 0 Å². The zero-order chi connectivity index (χ0) is 42.1. The van der Waals surface area contributed by atoms with E-state index in [-0.39, 0.29) is 12.8 Å². The van der Waals surface area contributed by atoms with Gasteiger partial charge in [-0.15, -0.1) is 0 Å². The summed E-state index contributed by atoms with van der Waals surface area (Å²) in [7, 11) is 1.39. The molecule has 13 heteroatoms. The van der Waals surface area contributed by atoms with E-state index in [0.29, 0.717) is 25.7 Å². The van der Waals surface area contributed by atoms with Crippen LogP contribution in [0.5, 0.6) is 0 Å². The van der Waals surface area contributed by atoms with E-state index in [2.05, 4.69) is 6.07 Å². The lowest BCUT2D eigenvalue weighted by atomic mass is 9.74. The summed E-state index contributed by atoms with van der Waals surface area (Å²) in [6, 6.07) is 14.1. The Balaban J connectivity index is 2.00. The molecule has 2 saturated heterocycles. The van der Waals surface area contributed by atoms with E-state index >= 15 is 4.79 Å². The van der Waals surface area contributed by atoms with Crippen LogP contribution >= 0.6 is 0 Å². The van der Waals surface area contributed by atoms with Crippen LogP contribution in [-0.2, 0) is 63.5 Å². The molecular formula is C43H62O13. The quantitative estimate of drug-likeness (QED) is 0.0938. The van der Waals surface area contributed by atoms with E-state index in [9.17, 15) is 19.5 Å². The average molecular weight is 787 g/mol. The number of methoxy groups -OCH3 is 1. The number of aryl methyl sites for hydroxylation is 1. The van der Waals surface area contributed by atoms with Gasteiger partial charge in [-0.1, -0.05) is 49.4 Å². The van der Waals surface area contributed by atoms with Gasteiger partial charge in [-0.25, -0.2) is 14.4 Å². The molecule has 2 heterocycles. The summed E-state index contributed by atoms with van der Waals surface area (Å²) >= 11 is 0. The third kappa shape index (κ3) is 9.56. The first kappa shape index (κ1) is 45.1. The number of fused-ring (bicyclic) bond motifs is 3. The van der Waals surface area contributed by atoms with Gasteiger partial charge in [0.1, 0.15) is 16.8 Å². The van der Waals surface area contributed by atoms with Crippen LogP contribution in [0.15, 0.2) is 42.5 Å². The zero-order valence-corrected chi connectivity index (χ0v) is 35.4. The van der Waals surface area contributed by atoms with Gasteiger partial charge >= 0.3 is 23.9 Å². The Morgan fingerprint density at radius 2 is 1.36 bits per heavy atom. The van der Waals surface area contributed by atoms with Crippen molar-refractivity contribution >= 4 is 34.6 Å². The van der Waals surface area contributed by atoms with Crippen molar-refractivity contribution in [3.05, 3.63) is 48.0 Å². The topological polar surface area (TPSA) is 162 Å². The highest BCUT2D eigenvalue weighted by Gasteiger charge is 2.87. The minimum Gasteiger partial charge on any atom is -0.458 e. The van der Waals surface area contributed by atoms with Crippen molar-refractivity contribution < 1.29 is 62.2 Å². The highest BCUT2D eigenvalue weighted by atomic mass is 16.8. The van der Waals surface area contributed by atoms with Crippen LogP contribution in [0.3, 0.4) is 0 Å². The molecule has 6 atom stereocenters. The van der Waals surface area contributed by atoms with Gasteiger partial charge in [-0.2, -0.15) is 0 Å². The molecule has 312 valence electrons. The van der Waals surface area contributed by atoms with Crippen LogP contribution in [-0.4, -0.2) is 94.0 Å². The van der Waals surface area contributed by atoms with E-state index in [1.54, 1.807) is 83.1 Å². The second kappa shape index (κ2) is 16.3. The fourth-order valence-electron chi connectivity index (χ4n) is 7.06. The van der Waals surface area contributed by atoms with Gasteiger partial charge in [-0.05, 0) is 118 Å². The van der Waals surface area contributed by atoms with Crippen LogP contribution in [0.1, 0.15) is 121 Å². The molecule has 1 N–H and O–H groups in total. The van der Waals surface area contributed by atoms with Crippen molar-refractivity contribution in [1.29, 1.82) is 0 Å². The highest BCUT2D eigenvalue weighted by Crippen LogP contribution is 2.58. The number of aliphatic hydroxyl groups is 1. The predicted molar refractivity (Wildman–Crippen MR) is 206 cm³/mol. The van der Waals surface area contributed by atoms with Crippen molar-refractivity contribution in [3.63, 3.8) is 0 Å². The minimum atomic E-state index is -3.37. The SMILES string of the molecule is CCCC(=O)O[C@@H]1[C@@H](OC(C)(C)OC)[C@]2(CCCCc3cccc4ccccc34)O[C@H](C(=O)OC(C)(C)C)[C@@](O)(C(=O)OC(C)(C)C)[C@@]1(C(=O)OC(C)(C)C)O2. The lowest BCUT2D eigenvalue weighted by Gasteiger charge is -2.51. The summed E-state index contributed by atoms with van der Waals surface area (Å²) < 4.78 is 49.1. The molecule has 2 aromatic rings. The van der Waals surface area contributed by atoms with Crippen LogP contribution in [0, 0.1) is 0 Å². The fraction of sp³-hybridized carbons (Fsp3) is 0.674. The normalized spacial score (nSPS) is 26.8. The molecule has 56 heavy (non-hydrogen) atoms. The van der Waals surface area contributed by atoms with Crippen molar-refractivity contribution in [3.8, 4) is 0 Å². The van der Waals surface area contributed by atoms with Crippen molar-refractivity contribution in [2.24, 2.45) is 0 Å². The van der Waals surface area contributed by atoms with Gasteiger partial charge in [0.05, 0.1) is 0 Å². The van der Waals surface area contributed by atoms with Gasteiger partial charge in [-0.3, -0.25) is 4.79 Å². The summed E-state index contributed by atoms with van der Waals surface area (Å²) in [5.74, 6) is -8.39. The number of hydrogen-bond acceptors (Lipinski definition) is 13. The van der Waals surface area contributed by atoms with Gasteiger partial charge < -0.3 is 43.0 Å². The zero-order valence-electron chi connectivity index (χ0n) is 35.4. The maximum atomic E-state index is 15.0. The number of carbonyl (C=O) groups excluding carboxylic acids is 4. The summed E-state index contributed by atoms with van der Waals surface area (Å²) in [4.78, 5) is 57.7. The molecule has 2 fully saturated rings. The molecule has 2 bridgehead atoms. The molecule has 13 nitrogen and oxygen atoms in total. The Kier molecular flexibility index (Phi) is 13.1. The van der Waals surface area contributed by atoms with Crippen molar-refractivity contribution in [2.45, 2.75) is 180 Å². The molecule has 2 aromatic carbocycles. The number of ether oxygens (including phenoxy) is 8. The first-order valence-electron chi connectivity index (χ1n) is 19.4. The van der Waals surface area contributed by atoms with Crippen molar-refractivity contribution in [2.75, 3.05) is 7.11 Å². The molecule has 0 aromatic heterocycles. The molecule has 4 rings (SSSR count). The minimum absolute atomic E-state index is 0.0711. The molecule has 2 aliphatic rings. The van der Waals surface area contributed by atoms with Gasteiger partial charge in [0.25, 0.3) is 5.60 Å². The van der Waals surface area contributed by atoms with Crippen LogP contribution in [0.4, 0.5) is 0 Å². The summed E-state index contributed by atoms with van der Waals surface area (Å²) in [6.07, 6.45) is -4.10. The van der Waals surface area contributed by atoms with Gasteiger partial charge in [0.15, 0.2) is 18.0 Å². The molecule has 0 amide bonds. The second-order valence-corrected chi connectivity index (χ2v) is 18.1. The maximum Gasteiger partial charge on any atom is 0.347 e. The standard InChI is InChI=1S/C43H62O13/c1-14-20-30(44)50-32-31(51-40(11,12)49-13)41(26-18-17-22-28-24-19-23-27-21-15-16-25-29(27)28)52-33(34(45)53-37(2,3)4)42(48,35(46)54-38(5,6)7)43(32,56-41)36(47)55-39(8,9)10/h15-16,19,21,23-25,31-33,48H,14,17-18,20,22,26H2,1-13H3/t31-,32-,33-,41-,42-,43-/m1/s1. The third-order valence-electron chi connectivity index (χ3n) is 9.46. The third-order valence-corrected chi connectivity index (χ3v) is 9.46. The Bertz CT molecular complexity index is 1740. The highest BCUT2D eigenvalue weighted by molar-refractivity contribution is 6.00. The maximum absolute atomic E-state index is 15.0. The van der Waals surface area contributed by atoms with Crippen molar-refractivity contribution in [1.82, 2.24) is 0 Å². The number of esters is 4. The van der Waals surface area contributed by atoms with E-state index < -0.39 is 81.8 Å². The fourth-order valence-corrected chi connectivity index (χ4v) is 7.06. The van der Waals surface area contributed by atoms with Gasteiger partial charge in [0, 0.05) is 20.0 Å². The Hall–Kier alpha value is -3.62. The molecule has 0 aliphatic carbocycles. The Labute approximate surface area is 330 Å². The molecule has 0 spiro atoms.